The van der Waals surface area contributed by atoms with Crippen molar-refractivity contribution in [1.29, 1.82) is 0 Å². The van der Waals surface area contributed by atoms with Crippen LogP contribution < -0.4 is 5.73 Å². The molecule has 0 heterocycles. The summed E-state index contributed by atoms with van der Waals surface area (Å²) in [5, 5.41) is 0. The molecule has 1 fully saturated rings. The summed E-state index contributed by atoms with van der Waals surface area (Å²) in [6.45, 7) is 0.400. The molecule has 0 amide bonds. The van der Waals surface area contributed by atoms with Gasteiger partial charge in [0.2, 0.25) is 0 Å². The zero-order valence-electron chi connectivity index (χ0n) is 6.38. The number of methoxy groups -OCH3 is 1. The van der Waals surface area contributed by atoms with Crippen LogP contribution in [-0.2, 0) is 9.47 Å². The SMILES string of the molecule is COCOC1CCC(N)C1. The molecule has 0 spiro atoms. The van der Waals surface area contributed by atoms with Gasteiger partial charge in [-0.05, 0) is 19.3 Å². The number of rotatable bonds is 3. The van der Waals surface area contributed by atoms with Crippen LogP contribution in [-0.4, -0.2) is 26.0 Å². The molecular weight excluding hydrogens is 130 g/mol. The monoisotopic (exact) mass is 145 g/mol. The Morgan fingerprint density at radius 1 is 1.50 bits per heavy atom. The standard InChI is InChI=1S/C7H15NO2/c1-9-5-10-7-3-2-6(8)4-7/h6-7H,2-5,8H2,1H3. The van der Waals surface area contributed by atoms with Crippen molar-refractivity contribution < 1.29 is 9.47 Å². The van der Waals surface area contributed by atoms with Gasteiger partial charge in [-0.2, -0.15) is 0 Å². The molecule has 0 aliphatic heterocycles. The molecule has 2 unspecified atom stereocenters. The highest BCUT2D eigenvalue weighted by Gasteiger charge is 2.21. The van der Waals surface area contributed by atoms with Crippen molar-refractivity contribution in [2.45, 2.75) is 31.4 Å². The molecule has 10 heavy (non-hydrogen) atoms. The summed E-state index contributed by atoms with van der Waals surface area (Å²) in [6.07, 6.45) is 3.51. The fraction of sp³-hybridized carbons (Fsp3) is 1.00. The van der Waals surface area contributed by atoms with Crippen molar-refractivity contribution in [2.24, 2.45) is 5.73 Å². The molecule has 0 aromatic rings. The summed E-state index contributed by atoms with van der Waals surface area (Å²) in [5.41, 5.74) is 5.68. The maximum absolute atomic E-state index is 5.68. The third-order valence-corrected chi connectivity index (χ3v) is 1.85. The lowest BCUT2D eigenvalue weighted by Crippen LogP contribution is -2.18. The van der Waals surface area contributed by atoms with E-state index in [9.17, 15) is 0 Å². The maximum atomic E-state index is 5.68. The van der Waals surface area contributed by atoms with Crippen molar-refractivity contribution >= 4 is 0 Å². The average Bonchev–Trinajstić information content (AvgIpc) is 2.31. The lowest BCUT2D eigenvalue weighted by atomic mass is 10.3. The Morgan fingerprint density at radius 3 is 2.80 bits per heavy atom. The van der Waals surface area contributed by atoms with E-state index in [4.69, 9.17) is 15.2 Å². The number of hydrogen-bond donors (Lipinski definition) is 1. The molecule has 0 aromatic heterocycles. The van der Waals surface area contributed by atoms with E-state index in [0.29, 0.717) is 18.9 Å². The van der Waals surface area contributed by atoms with Gasteiger partial charge in [0.1, 0.15) is 6.79 Å². The van der Waals surface area contributed by atoms with Gasteiger partial charge in [0.15, 0.2) is 0 Å². The van der Waals surface area contributed by atoms with Gasteiger partial charge in [0.05, 0.1) is 6.10 Å². The Morgan fingerprint density at radius 2 is 2.30 bits per heavy atom. The Labute approximate surface area is 61.5 Å². The molecule has 1 rings (SSSR count). The van der Waals surface area contributed by atoms with Crippen LogP contribution in [0.1, 0.15) is 19.3 Å². The minimum absolute atomic E-state index is 0.343. The highest BCUT2D eigenvalue weighted by molar-refractivity contribution is 4.77. The lowest BCUT2D eigenvalue weighted by molar-refractivity contribution is -0.0689. The van der Waals surface area contributed by atoms with Crippen LogP contribution in [0.25, 0.3) is 0 Å². The van der Waals surface area contributed by atoms with E-state index in [1.165, 1.54) is 0 Å². The maximum Gasteiger partial charge on any atom is 0.146 e. The Kier molecular flexibility index (Phi) is 3.12. The van der Waals surface area contributed by atoms with Crippen LogP contribution in [0.4, 0.5) is 0 Å². The van der Waals surface area contributed by atoms with Crippen molar-refractivity contribution in [3.8, 4) is 0 Å². The number of ether oxygens (including phenoxy) is 2. The number of nitrogens with two attached hydrogens (primary N) is 1. The van der Waals surface area contributed by atoms with E-state index < -0.39 is 0 Å². The summed E-state index contributed by atoms with van der Waals surface area (Å²) >= 11 is 0. The molecule has 1 saturated carbocycles. The second kappa shape index (κ2) is 3.91. The van der Waals surface area contributed by atoms with Gasteiger partial charge in [-0.3, -0.25) is 0 Å². The molecule has 60 valence electrons. The Bertz CT molecular complexity index is 97.6. The summed E-state index contributed by atoms with van der Waals surface area (Å²) in [5.74, 6) is 0. The third-order valence-electron chi connectivity index (χ3n) is 1.85. The van der Waals surface area contributed by atoms with Gasteiger partial charge in [-0.25, -0.2) is 0 Å². The van der Waals surface area contributed by atoms with Crippen molar-refractivity contribution in [2.75, 3.05) is 13.9 Å². The predicted molar refractivity (Wildman–Crippen MR) is 38.6 cm³/mol. The topological polar surface area (TPSA) is 44.5 Å². The molecule has 3 nitrogen and oxygen atoms in total. The Balaban J connectivity index is 2.06. The van der Waals surface area contributed by atoms with E-state index >= 15 is 0 Å². The van der Waals surface area contributed by atoms with E-state index in [0.717, 1.165) is 19.3 Å². The van der Waals surface area contributed by atoms with Gasteiger partial charge >= 0.3 is 0 Å². The number of hydrogen-bond acceptors (Lipinski definition) is 3. The lowest BCUT2D eigenvalue weighted by Gasteiger charge is -2.09. The van der Waals surface area contributed by atoms with Crippen LogP contribution in [0.2, 0.25) is 0 Å². The molecule has 0 saturated heterocycles. The van der Waals surface area contributed by atoms with Gasteiger partial charge in [-0.1, -0.05) is 0 Å². The zero-order valence-corrected chi connectivity index (χ0v) is 6.38. The molecule has 0 radical (unpaired) electrons. The van der Waals surface area contributed by atoms with Crippen molar-refractivity contribution in [3.63, 3.8) is 0 Å². The summed E-state index contributed by atoms with van der Waals surface area (Å²) in [6, 6.07) is 0.349. The first-order valence-electron chi connectivity index (χ1n) is 3.69. The van der Waals surface area contributed by atoms with Gasteiger partial charge in [0.25, 0.3) is 0 Å². The molecule has 2 atom stereocenters. The third kappa shape index (κ3) is 2.25. The first-order chi connectivity index (χ1) is 4.83. The molecule has 2 N–H and O–H groups in total. The zero-order chi connectivity index (χ0) is 7.40. The van der Waals surface area contributed by atoms with E-state index in [1.807, 2.05) is 0 Å². The fourth-order valence-corrected chi connectivity index (χ4v) is 1.29. The molecule has 0 aromatic carbocycles. The second-order valence-electron chi connectivity index (χ2n) is 2.77. The van der Waals surface area contributed by atoms with Crippen LogP contribution in [0.5, 0.6) is 0 Å². The molecule has 1 aliphatic rings. The molecule has 0 bridgehead atoms. The quantitative estimate of drug-likeness (QED) is 0.588. The normalized spacial score (nSPS) is 33.0. The summed E-state index contributed by atoms with van der Waals surface area (Å²) in [7, 11) is 1.63. The van der Waals surface area contributed by atoms with Gasteiger partial charge < -0.3 is 15.2 Å². The van der Waals surface area contributed by atoms with Crippen LogP contribution in [0.3, 0.4) is 0 Å². The first-order valence-corrected chi connectivity index (χ1v) is 3.69. The highest BCUT2D eigenvalue weighted by atomic mass is 16.7. The Hall–Kier alpha value is -0.120. The summed E-state index contributed by atoms with van der Waals surface area (Å²) < 4.78 is 10.1. The highest BCUT2D eigenvalue weighted by Crippen LogP contribution is 2.19. The largest absolute Gasteiger partial charge is 0.359 e. The predicted octanol–water partition coefficient (Wildman–Crippen LogP) is 0.487. The van der Waals surface area contributed by atoms with Crippen LogP contribution >= 0.6 is 0 Å². The van der Waals surface area contributed by atoms with E-state index in [1.54, 1.807) is 7.11 Å². The van der Waals surface area contributed by atoms with Gasteiger partial charge in [0, 0.05) is 13.2 Å². The summed E-state index contributed by atoms with van der Waals surface area (Å²) in [4.78, 5) is 0. The minimum Gasteiger partial charge on any atom is -0.359 e. The second-order valence-corrected chi connectivity index (χ2v) is 2.77. The minimum atomic E-state index is 0.343. The molecule has 1 aliphatic carbocycles. The fourth-order valence-electron chi connectivity index (χ4n) is 1.29. The van der Waals surface area contributed by atoms with Crippen LogP contribution in [0, 0.1) is 0 Å². The van der Waals surface area contributed by atoms with Crippen molar-refractivity contribution in [3.05, 3.63) is 0 Å². The molecular formula is C7H15NO2. The smallest absolute Gasteiger partial charge is 0.146 e. The van der Waals surface area contributed by atoms with E-state index in [2.05, 4.69) is 0 Å². The average molecular weight is 145 g/mol. The van der Waals surface area contributed by atoms with Crippen LogP contribution in [0.15, 0.2) is 0 Å². The molecule has 3 heteroatoms. The van der Waals surface area contributed by atoms with Gasteiger partial charge in [-0.15, -0.1) is 0 Å². The first kappa shape index (κ1) is 7.98. The van der Waals surface area contributed by atoms with E-state index in [-0.39, 0.29) is 0 Å². The van der Waals surface area contributed by atoms with Crippen molar-refractivity contribution in [1.82, 2.24) is 0 Å².